The first-order valence-corrected chi connectivity index (χ1v) is 9.09. The highest BCUT2D eigenvalue weighted by Gasteiger charge is 2.18. The number of ether oxygens (including phenoxy) is 1. The van der Waals surface area contributed by atoms with Crippen molar-refractivity contribution in [2.45, 2.75) is 6.54 Å². The Morgan fingerprint density at radius 3 is 2.71 bits per heavy atom. The molecule has 3 aromatic carbocycles. The summed E-state index contributed by atoms with van der Waals surface area (Å²) in [6, 6.07) is 21.3. The van der Waals surface area contributed by atoms with Crippen LogP contribution in [0.3, 0.4) is 0 Å². The smallest absolute Gasteiger partial charge is 0.410 e. The third kappa shape index (κ3) is 4.06. The number of fused-ring (bicyclic) bond motifs is 1. The van der Waals surface area contributed by atoms with Crippen LogP contribution in [0.5, 0.6) is 5.75 Å². The van der Waals surface area contributed by atoms with E-state index in [0.717, 1.165) is 24.5 Å². The molecule has 0 fully saturated rings. The van der Waals surface area contributed by atoms with E-state index in [-0.39, 0.29) is 5.82 Å². The molecule has 1 aliphatic rings. The zero-order valence-electron chi connectivity index (χ0n) is 15.2. The molecule has 142 valence electrons. The number of halogens is 1. The maximum atomic E-state index is 14.4. The fourth-order valence-electron chi connectivity index (χ4n) is 3.23. The molecule has 3 aromatic rings. The molecule has 1 aliphatic heterocycles. The number of hydrogen-bond acceptors (Lipinski definition) is 4. The summed E-state index contributed by atoms with van der Waals surface area (Å²) in [6.07, 6.45) is -0.615. The number of carbonyl (C=O) groups is 1. The number of amides is 1. The van der Waals surface area contributed by atoms with Crippen LogP contribution in [0, 0.1) is 5.82 Å². The van der Waals surface area contributed by atoms with Crippen LogP contribution < -0.4 is 20.3 Å². The number of nitrogens with one attached hydrogen (secondary N) is 2. The average Bonchev–Trinajstić information content (AvgIpc) is 2.71. The average molecular weight is 377 g/mol. The molecule has 0 saturated heterocycles. The number of rotatable bonds is 4. The van der Waals surface area contributed by atoms with E-state index in [4.69, 9.17) is 4.74 Å². The van der Waals surface area contributed by atoms with E-state index in [2.05, 4.69) is 15.5 Å². The van der Waals surface area contributed by atoms with Gasteiger partial charge in [-0.1, -0.05) is 30.3 Å². The largest absolute Gasteiger partial charge is 0.417 e. The molecular formula is C22H20FN3O2. The van der Waals surface area contributed by atoms with Gasteiger partial charge in [-0.25, -0.2) is 9.18 Å². The number of benzene rings is 3. The molecule has 6 heteroatoms. The molecule has 2 N–H and O–H groups in total. The Morgan fingerprint density at radius 2 is 1.86 bits per heavy atom. The molecule has 5 nitrogen and oxygen atoms in total. The highest BCUT2D eigenvalue weighted by molar-refractivity contribution is 5.86. The summed E-state index contributed by atoms with van der Waals surface area (Å²) in [6.45, 7) is 1.97. The molecule has 0 aromatic heterocycles. The van der Waals surface area contributed by atoms with Gasteiger partial charge in [0.15, 0.2) is 0 Å². The number of hydrogen-bond donors (Lipinski definition) is 2. The Morgan fingerprint density at radius 1 is 1.07 bits per heavy atom. The fraction of sp³-hybridized carbons (Fsp3) is 0.136. The molecule has 28 heavy (non-hydrogen) atoms. The van der Waals surface area contributed by atoms with Crippen molar-refractivity contribution >= 4 is 23.2 Å². The quantitative estimate of drug-likeness (QED) is 0.681. The van der Waals surface area contributed by atoms with Gasteiger partial charge in [-0.2, -0.15) is 0 Å². The first-order chi connectivity index (χ1) is 13.7. The summed E-state index contributed by atoms with van der Waals surface area (Å²) in [5.74, 6) is 0.137. The molecule has 0 aliphatic carbocycles. The Labute approximate surface area is 162 Å². The molecule has 1 amide bonds. The Hall–Kier alpha value is -3.54. The minimum absolute atomic E-state index is 0.307. The predicted octanol–water partition coefficient (Wildman–Crippen LogP) is 4.87. The van der Waals surface area contributed by atoms with Crippen molar-refractivity contribution in [1.29, 1.82) is 0 Å². The lowest BCUT2D eigenvalue weighted by atomic mass is 10.1. The van der Waals surface area contributed by atoms with Crippen molar-refractivity contribution in [2.75, 3.05) is 28.6 Å². The van der Waals surface area contributed by atoms with E-state index < -0.39 is 6.09 Å². The Kier molecular flexibility index (Phi) is 5.10. The van der Waals surface area contributed by atoms with Gasteiger partial charge in [0.25, 0.3) is 0 Å². The Balaban J connectivity index is 1.48. The van der Waals surface area contributed by atoms with E-state index in [1.165, 1.54) is 12.1 Å². The minimum Gasteiger partial charge on any atom is -0.410 e. The number of nitrogens with zero attached hydrogens (tertiary/aromatic N) is 1. The van der Waals surface area contributed by atoms with Gasteiger partial charge in [-0.15, -0.1) is 0 Å². The molecule has 0 saturated carbocycles. The van der Waals surface area contributed by atoms with Crippen LogP contribution in [0.4, 0.5) is 26.2 Å². The van der Waals surface area contributed by atoms with Gasteiger partial charge in [-0.3, -0.25) is 5.32 Å². The van der Waals surface area contributed by atoms with E-state index in [1.54, 1.807) is 30.3 Å². The van der Waals surface area contributed by atoms with Gasteiger partial charge in [0.05, 0.1) is 11.4 Å². The first-order valence-electron chi connectivity index (χ1n) is 9.09. The summed E-state index contributed by atoms with van der Waals surface area (Å²) in [5, 5.41) is 6.00. The number of para-hydroxylation sites is 3. The summed E-state index contributed by atoms with van der Waals surface area (Å²) in [4.78, 5) is 14.2. The maximum Gasteiger partial charge on any atom is 0.417 e. The molecule has 0 spiro atoms. The fourth-order valence-corrected chi connectivity index (χ4v) is 3.23. The van der Waals surface area contributed by atoms with Gasteiger partial charge < -0.3 is 15.0 Å². The van der Waals surface area contributed by atoms with Crippen LogP contribution in [0.25, 0.3) is 0 Å². The van der Waals surface area contributed by atoms with Crippen LogP contribution >= 0.6 is 0 Å². The lowest BCUT2D eigenvalue weighted by molar-refractivity contribution is 0.215. The van der Waals surface area contributed by atoms with Crippen LogP contribution in [-0.4, -0.2) is 19.2 Å². The highest BCUT2D eigenvalue weighted by atomic mass is 19.1. The predicted molar refractivity (Wildman–Crippen MR) is 108 cm³/mol. The van der Waals surface area contributed by atoms with Crippen molar-refractivity contribution in [3.63, 3.8) is 0 Å². The Bertz CT molecular complexity index is 979. The second-order valence-corrected chi connectivity index (χ2v) is 6.50. The van der Waals surface area contributed by atoms with Crippen LogP contribution in [0.1, 0.15) is 5.56 Å². The van der Waals surface area contributed by atoms with Crippen molar-refractivity contribution in [3.05, 3.63) is 84.2 Å². The van der Waals surface area contributed by atoms with Crippen molar-refractivity contribution in [3.8, 4) is 5.75 Å². The molecule has 0 atom stereocenters. The van der Waals surface area contributed by atoms with E-state index in [9.17, 15) is 9.18 Å². The van der Waals surface area contributed by atoms with Crippen LogP contribution in [0.15, 0.2) is 72.8 Å². The van der Waals surface area contributed by atoms with E-state index >= 15 is 0 Å². The highest BCUT2D eigenvalue weighted by Crippen LogP contribution is 2.30. The van der Waals surface area contributed by atoms with Gasteiger partial charge in [-0.05, 0) is 42.5 Å². The van der Waals surface area contributed by atoms with Gasteiger partial charge in [0.2, 0.25) is 0 Å². The molecular weight excluding hydrogens is 357 g/mol. The monoisotopic (exact) mass is 377 g/mol. The number of anilines is 3. The number of carbonyl (C=O) groups excluding carboxylic acids is 1. The van der Waals surface area contributed by atoms with Gasteiger partial charge in [0.1, 0.15) is 11.6 Å². The lowest BCUT2D eigenvalue weighted by Crippen LogP contribution is -2.33. The summed E-state index contributed by atoms with van der Waals surface area (Å²) in [7, 11) is 0. The third-order valence-corrected chi connectivity index (χ3v) is 4.55. The maximum absolute atomic E-state index is 14.4. The van der Waals surface area contributed by atoms with Crippen molar-refractivity contribution in [1.82, 2.24) is 0 Å². The zero-order valence-corrected chi connectivity index (χ0v) is 15.2. The second-order valence-electron chi connectivity index (χ2n) is 6.50. The third-order valence-electron chi connectivity index (χ3n) is 4.55. The molecule has 4 rings (SSSR count). The van der Waals surface area contributed by atoms with Crippen molar-refractivity contribution in [2.24, 2.45) is 0 Å². The standard InChI is InChI=1S/C22H20FN3O2/c23-19-11-10-17(25-22(27)28-18-6-2-1-3-7-18)14-16(19)15-26-13-12-24-20-8-4-5-9-21(20)26/h1-11,14,24H,12-13,15H2,(H,25,27). The van der Waals surface area contributed by atoms with Gasteiger partial charge >= 0.3 is 6.09 Å². The SMILES string of the molecule is O=C(Nc1ccc(F)c(CN2CCNc3ccccc32)c1)Oc1ccccc1. The van der Waals surface area contributed by atoms with Crippen molar-refractivity contribution < 1.29 is 13.9 Å². The second kappa shape index (κ2) is 8.00. The molecule has 0 bridgehead atoms. The normalized spacial score (nSPS) is 12.7. The van der Waals surface area contributed by atoms with E-state index in [1.807, 2.05) is 30.3 Å². The summed E-state index contributed by atoms with van der Waals surface area (Å²) >= 11 is 0. The first kappa shape index (κ1) is 17.9. The van der Waals surface area contributed by atoms with Crippen LogP contribution in [-0.2, 0) is 6.54 Å². The lowest BCUT2D eigenvalue weighted by Gasteiger charge is -2.32. The summed E-state index contributed by atoms with van der Waals surface area (Å²) in [5.41, 5.74) is 3.07. The van der Waals surface area contributed by atoms with Gasteiger partial charge in [0, 0.05) is 30.9 Å². The topological polar surface area (TPSA) is 53.6 Å². The molecule has 0 radical (unpaired) electrons. The molecule has 1 heterocycles. The van der Waals surface area contributed by atoms with Crippen LogP contribution in [0.2, 0.25) is 0 Å². The summed E-state index contributed by atoms with van der Waals surface area (Å²) < 4.78 is 19.6. The van der Waals surface area contributed by atoms with E-state index in [0.29, 0.717) is 23.5 Å². The minimum atomic E-state index is -0.615. The molecule has 0 unspecified atom stereocenters. The zero-order chi connectivity index (χ0) is 19.3.